The molecule has 0 atom stereocenters. The van der Waals surface area contributed by atoms with Crippen molar-refractivity contribution in [2.75, 3.05) is 0 Å². The highest BCUT2D eigenvalue weighted by atomic mass is 16.5. The predicted octanol–water partition coefficient (Wildman–Crippen LogP) is 2.36. The van der Waals surface area contributed by atoms with Crippen molar-refractivity contribution in [3.8, 4) is 5.75 Å². The SMILES string of the molecule is CC(=O)Oc1ccc2c(c1)c1ccnc3ccc(=O)n2c31. The third kappa shape index (κ3) is 1.61. The largest absolute Gasteiger partial charge is 0.427 e. The lowest BCUT2D eigenvalue weighted by Gasteiger charge is -2.01. The quantitative estimate of drug-likeness (QED) is 0.396. The maximum Gasteiger partial charge on any atom is 0.308 e. The topological polar surface area (TPSA) is 60.7 Å². The van der Waals surface area contributed by atoms with E-state index in [0.717, 1.165) is 27.3 Å². The average Bonchev–Trinajstić information content (AvgIpc) is 2.79. The van der Waals surface area contributed by atoms with Gasteiger partial charge in [0, 0.05) is 30.0 Å². The number of benzene rings is 1. The van der Waals surface area contributed by atoms with Crippen LogP contribution in [0.3, 0.4) is 0 Å². The van der Waals surface area contributed by atoms with E-state index in [2.05, 4.69) is 4.98 Å². The van der Waals surface area contributed by atoms with Gasteiger partial charge in [0.1, 0.15) is 5.75 Å². The van der Waals surface area contributed by atoms with Crippen LogP contribution in [-0.4, -0.2) is 15.4 Å². The zero-order valence-corrected chi connectivity index (χ0v) is 11.2. The Hall–Kier alpha value is -2.95. The van der Waals surface area contributed by atoms with Crippen LogP contribution in [0.1, 0.15) is 6.92 Å². The van der Waals surface area contributed by atoms with Crippen molar-refractivity contribution < 1.29 is 9.53 Å². The molecule has 102 valence electrons. The number of pyridine rings is 2. The van der Waals surface area contributed by atoms with Crippen LogP contribution in [0.15, 0.2) is 47.4 Å². The highest BCUT2D eigenvalue weighted by Crippen LogP contribution is 2.31. The van der Waals surface area contributed by atoms with Crippen molar-refractivity contribution in [1.82, 2.24) is 9.38 Å². The van der Waals surface area contributed by atoms with Gasteiger partial charge in [-0.05, 0) is 30.3 Å². The molecule has 0 aliphatic heterocycles. The van der Waals surface area contributed by atoms with Crippen molar-refractivity contribution in [1.29, 1.82) is 0 Å². The van der Waals surface area contributed by atoms with Crippen LogP contribution in [0.5, 0.6) is 5.75 Å². The lowest BCUT2D eigenvalue weighted by Crippen LogP contribution is -2.10. The maximum absolute atomic E-state index is 12.2. The van der Waals surface area contributed by atoms with Gasteiger partial charge in [-0.25, -0.2) is 0 Å². The van der Waals surface area contributed by atoms with E-state index in [-0.39, 0.29) is 11.5 Å². The first kappa shape index (κ1) is 11.8. The summed E-state index contributed by atoms with van der Waals surface area (Å²) in [5.41, 5.74) is 2.23. The van der Waals surface area contributed by atoms with Gasteiger partial charge in [0.05, 0.1) is 16.6 Å². The van der Waals surface area contributed by atoms with Crippen LogP contribution in [0, 0.1) is 0 Å². The lowest BCUT2D eigenvalue weighted by atomic mass is 10.1. The molecule has 0 fully saturated rings. The van der Waals surface area contributed by atoms with E-state index in [4.69, 9.17) is 4.74 Å². The van der Waals surface area contributed by atoms with Gasteiger partial charge in [0.15, 0.2) is 0 Å². The number of esters is 1. The van der Waals surface area contributed by atoms with Crippen molar-refractivity contribution in [3.63, 3.8) is 0 Å². The standard InChI is InChI=1S/C16H10N2O3/c1-9(19)21-10-2-4-14-12(8-10)11-6-7-17-13-3-5-15(20)18(14)16(11)13/h2-8H,1H3. The number of hydrogen-bond donors (Lipinski definition) is 0. The van der Waals surface area contributed by atoms with Gasteiger partial charge in [-0.15, -0.1) is 0 Å². The van der Waals surface area contributed by atoms with Crippen LogP contribution in [0.2, 0.25) is 0 Å². The number of rotatable bonds is 1. The fraction of sp³-hybridized carbons (Fsp3) is 0.0625. The molecule has 0 aliphatic rings. The fourth-order valence-electron chi connectivity index (χ4n) is 2.77. The Morgan fingerprint density at radius 2 is 2.00 bits per heavy atom. The summed E-state index contributed by atoms with van der Waals surface area (Å²) in [6.07, 6.45) is 1.71. The summed E-state index contributed by atoms with van der Waals surface area (Å²) in [6.45, 7) is 1.36. The Balaban J connectivity index is 2.21. The first-order valence-electron chi connectivity index (χ1n) is 6.49. The number of aromatic nitrogens is 2. The lowest BCUT2D eigenvalue weighted by molar-refractivity contribution is -0.131. The number of carbonyl (C=O) groups is 1. The predicted molar refractivity (Wildman–Crippen MR) is 79.0 cm³/mol. The average molecular weight is 278 g/mol. The van der Waals surface area contributed by atoms with Crippen molar-refractivity contribution >= 4 is 33.3 Å². The summed E-state index contributed by atoms with van der Waals surface area (Å²) in [5.74, 6) is 0.0922. The molecular formula is C16H10N2O3. The molecule has 1 aromatic carbocycles. The Labute approximate surface area is 118 Å². The van der Waals surface area contributed by atoms with Gasteiger partial charge in [0.25, 0.3) is 5.56 Å². The van der Waals surface area contributed by atoms with Crippen LogP contribution in [-0.2, 0) is 4.79 Å². The minimum Gasteiger partial charge on any atom is -0.427 e. The first-order chi connectivity index (χ1) is 10.1. The molecule has 0 bridgehead atoms. The van der Waals surface area contributed by atoms with Crippen molar-refractivity contribution in [3.05, 3.63) is 52.9 Å². The zero-order chi connectivity index (χ0) is 14.6. The molecule has 5 heteroatoms. The van der Waals surface area contributed by atoms with Gasteiger partial charge < -0.3 is 4.74 Å². The number of nitrogens with zero attached hydrogens (tertiary/aromatic N) is 2. The minimum absolute atomic E-state index is 0.101. The van der Waals surface area contributed by atoms with E-state index < -0.39 is 0 Å². The van der Waals surface area contributed by atoms with E-state index in [0.29, 0.717) is 5.75 Å². The van der Waals surface area contributed by atoms with Gasteiger partial charge in [-0.2, -0.15) is 0 Å². The molecule has 0 aliphatic carbocycles. The Bertz CT molecular complexity index is 1070. The highest BCUT2D eigenvalue weighted by molar-refractivity contribution is 6.13. The summed E-state index contributed by atoms with van der Waals surface area (Å²) in [4.78, 5) is 27.6. The third-order valence-corrected chi connectivity index (χ3v) is 3.54. The molecule has 0 radical (unpaired) electrons. The number of carbonyl (C=O) groups excluding carboxylic acids is 1. The molecule has 0 amide bonds. The molecule has 3 heterocycles. The fourth-order valence-corrected chi connectivity index (χ4v) is 2.77. The van der Waals surface area contributed by atoms with Crippen LogP contribution in [0.25, 0.3) is 27.3 Å². The highest BCUT2D eigenvalue weighted by Gasteiger charge is 2.14. The first-order valence-corrected chi connectivity index (χ1v) is 6.49. The molecule has 5 nitrogen and oxygen atoms in total. The summed E-state index contributed by atoms with van der Waals surface area (Å²) in [5, 5.41) is 1.78. The van der Waals surface area contributed by atoms with Crippen LogP contribution < -0.4 is 10.3 Å². The second-order valence-corrected chi connectivity index (χ2v) is 4.87. The molecule has 0 saturated carbocycles. The Morgan fingerprint density at radius 1 is 1.14 bits per heavy atom. The summed E-state index contributed by atoms with van der Waals surface area (Å²) < 4.78 is 6.77. The molecule has 21 heavy (non-hydrogen) atoms. The van der Waals surface area contributed by atoms with Crippen molar-refractivity contribution in [2.24, 2.45) is 0 Å². The molecule has 0 spiro atoms. The van der Waals surface area contributed by atoms with E-state index in [1.807, 2.05) is 6.07 Å². The molecule has 4 rings (SSSR count). The molecule has 0 saturated heterocycles. The number of fused-ring (bicyclic) bond motifs is 3. The van der Waals surface area contributed by atoms with Crippen LogP contribution >= 0.6 is 0 Å². The minimum atomic E-state index is -0.373. The third-order valence-electron chi connectivity index (χ3n) is 3.54. The van der Waals surface area contributed by atoms with Gasteiger partial charge in [-0.3, -0.25) is 19.0 Å². The molecular weight excluding hydrogens is 268 g/mol. The van der Waals surface area contributed by atoms with E-state index >= 15 is 0 Å². The normalized spacial score (nSPS) is 11.5. The molecule has 0 N–H and O–H groups in total. The Kier molecular flexibility index (Phi) is 2.27. The second kappa shape index (κ2) is 4.02. The molecule has 3 aromatic heterocycles. The van der Waals surface area contributed by atoms with Gasteiger partial charge in [0.2, 0.25) is 0 Å². The van der Waals surface area contributed by atoms with E-state index in [9.17, 15) is 9.59 Å². The van der Waals surface area contributed by atoms with E-state index in [1.54, 1.807) is 34.9 Å². The smallest absolute Gasteiger partial charge is 0.308 e. The summed E-state index contributed by atoms with van der Waals surface area (Å²) in [7, 11) is 0. The van der Waals surface area contributed by atoms with Crippen LogP contribution in [0.4, 0.5) is 0 Å². The van der Waals surface area contributed by atoms with Gasteiger partial charge in [-0.1, -0.05) is 0 Å². The summed E-state index contributed by atoms with van der Waals surface area (Å²) >= 11 is 0. The summed E-state index contributed by atoms with van der Waals surface area (Å²) in [6, 6.07) is 10.3. The zero-order valence-electron chi connectivity index (χ0n) is 11.2. The monoisotopic (exact) mass is 278 g/mol. The van der Waals surface area contributed by atoms with Crippen molar-refractivity contribution in [2.45, 2.75) is 6.92 Å². The second-order valence-electron chi connectivity index (χ2n) is 4.87. The maximum atomic E-state index is 12.2. The van der Waals surface area contributed by atoms with Gasteiger partial charge >= 0.3 is 5.97 Å². The molecule has 4 aromatic rings. The van der Waals surface area contributed by atoms with E-state index in [1.165, 1.54) is 13.0 Å². The number of ether oxygens (including phenoxy) is 1. The number of hydrogen-bond acceptors (Lipinski definition) is 4. The Morgan fingerprint density at radius 3 is 2.81 bits per heavy atom. The molecule has 0 unspecified atom stereocenters.